The maximum atomic E-state index is 11.8. The SMILES string of the molecule is CCCC(C)C(=O)c1cnn(CC)c1. The number of aromatic nitrogens is 2. The minimum Gasteiger partial charge on any atom is -0.294 e. The average Bonchev–Trinajstić information content (AvgIpc) is 2.65. The third-order valence-electron chi connectivity index (χ3n) is 2.41. The molecule has 1 atom stereocenters. The number of ketones is 1. The average molecular weight is 194 g/mol. The van der Waals surface area contributed by atoms with E-state index in [1.807, 2.05) is 20.0 Å². The molecule has 0 bridgehead atoms. The van der Waals surface area contributed by atoms with Crippen molar-refractivity contribution >= 4 is 5.78 Å². The predicted molar refractivity (Wildman–Crippen MR) is 56.3 cm³/mol. The minimum absolute atomic E-state index is 0.120. The second kappa shape index (κ2) is 4.94. The molecule has 3 heteroatoms. The summed E-state index contributed by atoms with van der Waals surface area (Å²) in [5.74, 6) is 0.334. The van der Waals surface area contributed by atoms with E-state index in [0.717, 1.165) is 24.9 Å². The normalized spacial score (nSPS) is 12.8. The fraction of sp³-hybridized carbons (Fsp3) is 0.636. The van der Waals surface area contributed by atoms with Crippen molar-refractivity contribution in [2.45, 2.75) is 40.2 Å². The molecule has 1 unspecified atom stereocenters. The van der Waals surface area contributed by atoms with Gasteiger partial charge in [-0.1, -0.05) is 20.3 Å². The fourth-order valence-electron chi connectivity index (χ4n) is 1.51. The fourth-order valence-corrected chi connectivity index (χ4v) is 1.51. The zero-order valence-corrected chi connectivity index (χ0v) is 9.16. The highest BCUT2D eigenvalue weighted by Crippen LogP contribution is 2.12. The van der Waals surface area contributed by atoms with Crippen LogP contribution in [0.15, 0.2) is 12.4 Å². The summed E-state index contributed by atoms with van der Waals surface area (Å²) in [6.45, 7) is 6.90. The Bertz CT molecular complexity index is 304. The van der Waals surface area contributed by atoms with Crippen molar-refractivity contribution in [3.63, 3.8) is 0 Å². The Morgan fingerprint density at radius 2 is 2.29 bits per heavy atom. The molecule has 0 aliphatic rings. The molecule has 1 heterocycles. The van der Waals surface area contributed by atoms with Gasteiger partial charge in [-0.2, -0.15) is 5.10 Å². The molecule has 0 N–H and O–H groups in total. The third kappa shape index (κ3) is 2.44. The van der Waals surface area contributed by atoms with E-state index in [2.05, 4.69) is 12.0 Å². The van der Waals surface area contributed by atoms with E-state index in [4.69, 9.17) is 0 Å². The van der Waals surface area contributed by atoms with Crippen LogP contribution in [0.2, 0.25) is 0 Å². The standard InChI is InChI=1S/C11H18N2O/c1-4-6-9(3)11(14)10-7-12-13(5-2)8-10/h7-9H,4-6H2,1-3H3. The van der Waals surface area contributed by atoms with E-state index >= 15 is 0 Å². The highest BCUT2D eigenvalue weighted by molar-refractivity contribution is 5.97. The van der Waals surface area contributed by atoms with E-state index in [-0.39, 0.29) is 11.7 Å². The monoisotopic (exact) mass is 194 g/mol. The summed E-state index contributed by atoms with van der Waals surface area (Å²) >= 11 is 0. The van der Waals surface area contributed by atoms with Crippen LogP contribution in [0, 0.1) is 5.92 Å². The molecule has 0 saturated carbocycles. The summed E-state index contributed by atoms with van der Waals surface area (Å²) < 4.78 is 1.78. The van der Waals surface area contributed by atoms with Gasteiger partial charge in [0.15, 0.2) is 5.78 Å². The molecule has 1 rings (SSSR count). The van der Waals surface area contributed by atoms with E-state index in [0.29, 0.717) is 0 Å². The molecule has 1 aromatic rings. The Hall–Kier alpha value is -1.12. The number of hydrogen-bond acceptors (Lipinski definition) is 2. The van der Waals surface area contributed by atoms with Crippen molar-refractivity contribution in [3.05, 3.63) is 18.0 Å². The maximum Gasteiger partial charge on any atom is 0.168 e. The van der Waals surface area contributed by atoms with Gasteiger partial charge in [0.25, 0.3) is 0 Å². The van der Waals surface area contributed by atoms with Crippen molar-refractivity contribution in [1.29, 1.82) is 0 Å². The van der Waals surface area contributed by atoms with Crippen molar-refractivity contribution < 1.29 is 4.79 Å². The number of carbonyl (C=O) groups excluding carboxylic acids is 1. The van der Waals surface area contributed by atoms with Gasteiger partial charge in [-0.05, 0) is 13.3 Å². The first-order chi connectivity index (χ1) is 6.69. The number of nitrogens with zero attached hydrogens (tertiary/aromatic N) is 2. The highest BCUT2D eigenvalue weighted by Gasteiger charge is 2.15. The van der Waals surface area contributed by atoms with Gasteiger partial charge in [-0.25, -0.2) is 0 Å². The van der Waals surface area contributed by atoms with Gasteiger partial charge in [0.05, 0.1) is 11.8 Å². The molecule has 14 heavy (non-hydrogen) atoms. The molecule has 0 radical (unpaired) electrons. The van der Waals surface area contributed by atoms with Gasteiger partial charge in [0.1, 0.15) is 0 Å². The summed E-state index contributed by atoms with van der Waals surface area (Å²) in [7, 11) is 0. The molecule has 78 valence electrons. The van der Waals surface area contributed by atoms with Crippen LogP contribution in [-0.2, 0) is 6.54 Å². The van der Waals surface area contributed by atoms with Crippen LogP contribution in [0.4, 0.5) is 0 Å². The lowest BCUT2D eigenvalue weighted by molar-refractivity contribution is 0.0923. The number of aryl methyl sites for hydroxylation is 1. The summed E-state index contributed by atoms with van der Waals surface area (Å²) in [6, 6.07) is 0. The number of rotatable bonds is 5. The topological polar surface area (TPSA) is 34.9 Å². The van der Waals surface area contributed by atoms with Crippen molar-refractivity contribution in [2.75, 3.05) is 0 Å². The number of Topliss-reactive ketones (excluding diaryl/α,β-unsaturated/α-hetero) is 1. The summed E-state index contributed by atoms with van der Waals surface area (Å²) in [5, 5.41) is 4.09. The number of hydrogen-bond donors (Lipinski definition) is 0. The van der Waals surface area contributed by atoms with Crippen molar-refractivity contribution in [3.8, 4) is 0 Å². The molecule has 3 nitrogen and oxygen atoms in total. The second-order valence-corrected chi connectivity index (χ2v) is 3.64. The summed E-state index contributed by atoms with van der Waals surface area (Å²) in [6.07, 6.45) is 5.50. The van der Waals surface area contributed by atoms with Gasteiger partial charge in [-0.3, -0.25) is 9.48 Å². The lowest BCUT2D eigenvalue weighted by atomic mass is 9.97. The first kappa shape index (κ1) is 11.0. The van der Waals surface area contributed by atoms with E-state index in [1.54, 1.807) is 10.9 Å². The Morgan fingerprint density at radius 3 is 2.79 bits per heavy atom. The molecule has 0 amide bonds. The lowest BCUT2D eigenvalue weighted by Gasteiger charge is -2.05. The van der Waals surface area contributed by atoms with Crippen molar-refractivity contribution in [1.82, 2.24) is 9.78 Å². The maximum absolute atomic E-state index is 11.8. The Balaban J connectivity index is 2.68. The van der Waals surface area contributed by atoms with Crippen LogP contribution in [0.3, 0.4) is 0 Å². The van der Waals surface area contributed by atoms with Gasteiger partial charge in [-0.15, -0.1) is 0 Å². The zero-order valence-electron chi connectivity index (χ0n) is 9.16. The zero-order chi connectivity index (χ0) is 10.6. The summed E-state index contributed by atoms with van der Waals surface area (Å²) in [4.78, 5) is 11.8. The van der Waals surface area contributed by atoms with Gasteiger partial charge in [0, 0.05) is 18.7 Å². The van der Waals surface area contributed by atoms with Gasteiger partial charge in [0.2, 0.25) is 0 Å². The number of carbonyl (C=O) groups is 1. The molecule has 0 saturated heterocycles. The quantitative estimate of drug-likeness (QED) is 0.675. The second-order valence-electron chi connectivity index (χ2n) is 3.64. The first-order valence-electron chi connectivity index (χ1n) is 5.25. The van der Waals surface area contributed by atoms with Crippen LogP contribution >= 0.6 is 0 Å². The Kier molecular flexibility index (Phi) is 3.86. The van der Waals surface area contributed by atoms with Gasteiger partial charge < -0.3 is 0 Å². The van der Waals surface area contributed by atoms with Crippen LogP contribution in [0.1, 0.15) is 44.0 Å². The molecular weight excluding hydrogens is 176 g/mol. The minimum atomic E-state index is 0.120. The van der Waals surface area contributed by atoms with E-state index < -0.39 is 0 Å². The molecular formula is C11H18N2O. The molecule has 0 aliphatic carbocycles. The highest BCUT2D eigenvalue weighted by atomic mass is 16.1. The first-order valence-corrected chi connectivity index (χ1v) is 5.25. The predicted octanol–water partition coefficient (Wildman–Crippen LogP) is 2.52. The van der Waals surface area contributed by atoms with E-state index in [9.17, 15) is 4.79 Å². The van der Waals surface area contributed by atoms with Crippen molar-refractivity contribution in [2.24, 2.45) is 5.92 Å². The summed E-state index contributed by atoms with van der Waals surface area (Å²) in [5.41, 5.74) is 0.743. The van der Waals surface area contributed by atoms with Crippen LogP contribution in [-0.4, -0.2) is 15.6 Å². The molecule has 0 fully saturated rings. The molecule has 1 aromatic heterocycles. The van der Waals surface area contributed by atoms with Crippen LogP contribution < -0.4 is 0 Å². The van der Waals surface area contributed by atoms with Crippen LogP contribution in [0.5, 0.6) is 0 Å². The molecule has 0 aliphatic heterocycles. The molecule has 0 spiro atoms. The van der Waals surface area contributed by atoms with E-state index in [1.165, 1.54) is 0 Å². The Labute approximate surface area is 85.1 Å². The largest absolute Gasteiger partial charge is 0.294 e. The third-order valence-corrected chi connectivity index (χ3v) is 2.41. The van der Waals surface area contributed by atoms with Gasteiger partial charge >= 0.3 is 0 Å². The lowest BCUT2D eigenvalue weighted by Crippen LogP contribution is -2.10. The smallest absolute Gasteiger partial charge is 0.168 e. The Morgan fingerprint density at radius 1 is 1.57 bits per heavy atom. The molecule has 0 aromatic carbocycles. The van der Waals surface area contributed by atoms with Crippen LogP contribution in [0.25, 0.3) is 0 Å².